The number of anilines is 2. The van der Waals surface area contributed by atoms with E-state index in [4.69, 9.17) is 0 Å². The maximum atomic E-state index is 14.6. The highest BCUT2D eigenvalue weighted by Crippen LogP contribution is 2.31. The van der Waals surface area contributed by atoms with Gasteiger partial charge in [0, 0.05) is 30.3 Å². The minimum Gasteiger partial charge on any atom is -0.465 e. The first-order valence-electron chi connectivity index (χ1n) is 7.83. The summed E-state index contributed by atoms with van der Waals surface area (Å²) in [5, 5.41) is 11.2. The number of carbonyl (C=O) groups is 1. The van der Waals surface area contributed by atoms with Crippen molar-refractivity contribution in [2.24, 2.45) is 0 Å². The maximum Gasteiger partial charge on any atom is 0.412 e. The average molecular weight is 374 g/mol. The lowest BCUT2D eigenvalue weighted by atomic mass is 10.2. The van der Waals surface area contributed by atoms with Crippen LogP contribution in [0.15, 0.2) is 66.3 Å². The fourth-order valence-electron chi connectivity index (χ4n) is 2.57. The van der Waals surface area contributed by atoms with E-state index < -0.39 is 17.7 Å². The molecule has 1 N–H and O–H groups in total. The average Bonchev–Trinajstić information content (AvgIpc) is 2.89. The van der Waals surface area contributed by atoms with Crippen molar-refractivity contribution in [3.63, 3.8) is 0 Å². The van der Waals surface area contributed by atoms with Gasteiger partial charge < -0.3 is 10.0 Å². The highest BCUT2D eigenvalue weighted by molar-refractivity contribution is 8.02. The summed E-state index contributed by atoms with van der Waals surface area (Å²) in [5.74, 6) is -0.959. The Labute approximate surface area is 154 Å². The Balaban J connectivity index is 1.95. The molecule has 3 rings (SSSR count). The highest BCUT2D eigenvalue weighted by Gasteiger charge is 2.21. The zero-order chi connectivity index (χ0) is 18.5. The van der Waals surface area contributed by atoms with Crippen molar-refractivity contribution in [3.05, 3.63) is 83.5 Å². The van der Waals surface area contributed by atoms with Gasteiger partial charge in [0.25, 0.3) is 0 Å². The van der Waals surface area contributed by atoms with E-state index in [1.165, 1.54) is 16.7 Å². The minimum absolute atomic E-state index is 0.00540. The lowest BCUT2D eigenvalue weighted by Crippen LogP contribution is -2.29. The summed E-state index contributed by atoms with van der Waals surface area (Å²) in [4.78, 5) is 13.9. The number of hydrogen-bond donors (Lipinski definition) is 1. The van der Waals surface area contributed by atoms with E-state index in [9.17, 15) is 18.7 Å². The number of rotatable bonds is 4. The second-order valence-electron chi connectivity index (χ2n) is 5.52. The summed E-state index contributed by atoms with van der Waals surface area (Å²) in [7, 11) is 0. The number of benzene rings is 2. The molecular formula is C19H16F2N2O2S. The molecule has 1 aliphatic heterocycles. The van der Waals surface area contributed by atoms with Crippen LogP contribution >= 0.6 is 11.8 Å². The van der Waals surface area contributed by atoms with Crippen LogP contribution in [0.1, 0.15) is 5.56 Å². The van der Waals surface area contributed by atoms with E-state index in [1.54, 1.807) is 48.1 Å². The molecule has 1 heterocycles. The van der Waals surface area contributed by atoms with E-state index in [-0.39, 0.29) is 17.9 Å². The van der Waals surface area contributed by atoms with Gasteiger partial charge in [-0.25, -0.2) is 13.6 Å². The van der Waals surface area contributed by atoms with E-state index in [1.807, 2.05) is 6.07 Å². The molecule has 134 valence electrons. The molecule has 0 spiro atoms. The van der Waals surface area contributed by atoms with Crippen LogP contribution in [-0.4, -0.2) is 17.0 Å². The molecule has 0 fully saturated rings. The Kier molecular flexibility index (Phi) is 5.58. The zero-order valence-corrected chi connectivity index (χ0v) is 14.5. The van der Waals surface area contributed by atoms with Gasteiger partial charge in [-0.3, -0.25) is 4.90 Å². The topological polar surface area (TPSA) is 43.8 Å². The predicted molar refractivity (Wildman–Crippen MR) is 100 cm³/mol. The zero-order valence-electron chi connectivity index (χ0n) is 13.7. The summed E-state index contributed by atoms with van der Waals surface area (Å²) in [6.45, 7) is -0.00540. The molecule has 7 heteroatoms. The lowest BCUT2D eigenvalue weighted by Gasteiger charge is -2.22. The van der Waals surface area contributed by atoms with Gasteiger partial charge in [0.1, 0.15) is 5.69 Å². The van der Waals surface area contributed by atoms with Crippen molar-refractivity contribution in [1.82, 2.24) is 0 Å². The maximum absolute atomic E-state index is 14.6. The van der Waals surface area contributed by atoms with Gasteiger partial charge in [-0.05, 0) is 11.0 Å². The Morgan fingerprint density at radius 1 is 1.15 bits per heavy atom. The molecule has 0 bridgehead atoms. The second kappa shape index (κ2) is 8.05. The SMILES string of the molecule is O=C(O)N(Cc1ccccc1)c1cc(F)c(N2C=CCSC=C2)c(F)c1. The van der Waals surface area contributed by atoms with Crippen LogP contribution in [-0.2, 0) is 6.54 Å². The molecule has 1 amide bonds. The molecule has 26 heavy (non-hydrogen) atoms. The normalized spacial score (nSPS) is 13.5. The van der Waals surface area contributed by atoms with Crippen molar-refractivity contribution in [2.45, 2.75) is 6.54 Å². The Bertz CT molecular complexity index is 819. The fourth-order valence-corrected chi connectivity index (χ4v) is 3.09. The first-order chi connectivity index (χ1) is 12.6. The molecule has 0 unspecified atom stereocenters. The molecular weight excluding hydrogens is 358 g/mol. The molecule has 4 nitrogen and oxygen atoms in total. The van der Waals surface area contributed by atoms with Crippen LogP contribution in [0.2, 0.25) is 0 Å². The Morgan fingerprint density at radius 3 is 2.50 bits per heavy atom. The number of thioether (sulfide) groups is 1. The van der Waals surface area contributed by atoms with E-state index in [0.717, 1.165) is 22.6 Å². The van der Waals surface area contributed by atoms with Crippen molar-refractivity contribution in [1.29, 1.82) is 0 Å². The van der Waals surface area contributed by atoms with Crippen LogP contribution in [0.3, 0.4) is 0 Å². The van der Waals surface area contributed by atoms with E-state index in [2.05, 4.69) is 0 Å². The summed E-state index contributed by atoms with van der Waals surface area (Å²) >= 11 is 1.50. The summed E-state index contributed by atoms with van der Waals surface area (Å²) in [6, 6.07) is 10.9. The molecule has 0 saturated carbocycles. The summed E-state index contributed by atoms with van der Waals surface area (Å²) in [6.07, 6.45) is 3.65. The summed E-state index contributed by atoms with van der Waals surface area (Å²) < 4.78 is 29.2. The second-order valence-corrected chi connectivity index (χ2v) is 6.46. The molecule has 0 saturated heterocycles. The third-order valence-corrected chi connectivity index (χ3v) is 4.46. The van der Waals surface area contributed by atoms with Gasteiger partial charge in [-0.2, -0.15) is 0 Å². The predicted octanol–water partition coefficient (Wildman–Crippen LogP) is 5.19. The smallest absolute Gasteiger partial charge is 0.412 e. The van der Waals surface area contributed by atoms with E-state index in [0.29, 0.717) is 5.75 Å². The third-order valence-electron chi connectivity index (χ3n) is 3.76. The lowest BCUT2D eigenvalue weighted by molar-refractivity contribution is 0.201. The van der Waals surface area contributed by atoms with Gasteiger partial charge in [0.2, 0.25) is 0 Å². The number of carboxylic acid groups (broad SMARTS) is 1. The largest absolute Gasteiger partial charge is 0.465 e. The first-order valence-corrected chi connectivity index (χ1v) is 8.88. The van der Waals surface area contributed by atoms with Crippen LogP contribution in [0.5, 0.6) is 0 Å². The molecule has 2 aromatic rings. The molecule has 0 radical (unpaired) electrons. The fraction of sp³-hybridized carbons (Fsp3) is 0.105. The van der Waals surface area contributed by atoms with Crippen molar-refractivity contribution in [2.75, 3.05) is 15.6 Å². The molecule has 1 aliphatic rings. The third kappa shape index (κ3) is 4.05. The van der Waals surface area contributed by atoms with Crippen LogP contribution in [0.4, 0.5) is 25.0 Å². The van der Waals surface area contributed by atoms with Gasteiger partial charge in [0.05, 0.1) is 12.2 Å². The van der Waals surface area contributed by atoms with Crippen LogP contribution in [0.25, 0.3) is 0 Å². The van der Waals surface area contributed by atoms with Gasteiger partial charge in [0.15, 0.2) is 11.6 Å². The van der Waals surface area contributed by atoms with Gasteiger partial charge in [-0.15, -0.1) is 11.8 Å². The van der Waals surface area contributed by atoms with Crippen molar-refractivity contribution < 1.29 is 18.7 Å². The first kappa shape index (κ1) is 18.0. The van der Waals surface area contributed by atoms with Crippen molar-refractivity contribution >= 4 is 29.2 Å². The number of halogens is 2. The monoisotopic (exact) mass is 374 g/mol. The Morgan fingerprint density at radius 2 is 1.85 bits per heavy atom. The Hall–Kier alpha value is -2.80. The molecule has 0 atom stereocenters. The standard InChI is InChI=1S/C19H16F2N2O2S/c20-16-11-15(23(19(24)25)13-14-5-2-1-3-6-14)12-17(21)18(16)22-7-4-9-26-10-8-22/h1-8,10-12H,9,13H2,(H,24,25). The van der Waals surface area contributed by atoms with Crippen LogP contribution < -0.4 is 9.80 Å². The molecule has 0 aliphatic carbocycles. The van der Waals surface area contributed by atoms with Crippen LogP contribution in [0, 0.1) is 11.6 Å². The van der Waals surface area contributed by atoms with E-state index >= 15 is 0 Å². The van der Waals surface area contributed by atoms with Crippen molar-refractivity contribution in [3.8, 4) is 0 Å². The van der Waals surface area contributed by atoms with Gasteiger partial charge >= 0.3 is 6.09 Å². The minimum atomic E-state index is -1.29. The highest BCUT2D eigenvalue weighted by atomic mass is 32.2. The van der Waals surface area contributed by atoms with Gasteiger partial charge in [-0.1, -0.05) is 36.4 Å². The summed E-state index contributed by atoms with van der Waals surface area (Å²) in [5.41, 5.74) is 0.418. The number of amides is 1. The molecule has 0 aromatic heterocycles. The molecule has 2 aromatic carbocycles. The number of hydrogen-bond acceptors (Lipinski definition) is 3. The number of nitrogens with zero attached hydrogens (tertiary/aromatic N) is 2. The quantitative estimate of drug-likeness (QED) is 0.800.